The van der Waals surface area contributed by atoms with Gasteiger partial charge in [-0.05, 0) is 88.4 Å². The van der Waals surface area contributed by atoms with Gasteiger partial charge in [-0.1, -0.05) is 104 Å². The number of allylic oxidation sites excluding steroid dienone is 6. The smallest absolute Gasteiger partial charge is 0.205 e. The largest absolute Gasteiger partial charge is 0.506 e. The summed E-state index contributed by atoms with van der Waals surface area (Å²) < 4.78 is -0.138. The first kappa shape index (κ1) is 34.1. The third-order valence-electron chi connectivity index (χ3n) is 9.65. The Morgan fingerprint density at radius 2 is 1.35 bits per heavy atom. The lowest BCUT2D eigenvalue weighted by atomic mass is 9.79. The molecular formula is C44H36O7S. The average molecular weight is 709 g/mol. The van der Waals surface area contributed by atoms with E-state index in [2.05, 4.69) is 43.8 Å². The summed E-state index contributed by atoms with van der Waals surface area (Å²) in [7, 11) is 0. The molecular weight excluding hydrogens is 673 g/mol. The van der Waals surface area contributed by atoms with Crippen molar-refractivity contribution in [1.29, 1.82) is 0 Å². The minimum atomic E-state index is -0.977. The number of phenols is 7. The topological polar surface area (TPSA) is 142 Å². The molecule has 7 N–H and O–H groups in total. The van der Waals surface area contributed by atoms with Crippen molar-refractivity contribution in [3.8, 4) is 73.6 Å². The van der Waals surface area contributed by atoms with Crippen LogP contribution in [-0.4, -0.2) is 35.7 Å². The number of thiophene rings is 1. The molecule has 1 aromatic heterocycles. The second-order valence-corrected chi connectivity index (χ2v) is 13.6. The molecule has 52 heavy (non-hydrogen) atoms. The lowest BCUT2D eigenvalue weighted by Crippen LogP contribution is -2.05. The quantitative estimate of drug-likeness (QED) is 0.0497. The fourth-order valence-electron chi connectivity index (χ4n) is 7.22. The summed E-state index contributed by atoms with van der Waals surface area (Å²) in [5.41, 5.74) is 9.10. The van der Waals surface area contributed by atoms with Crippen LogP contribution in [0.25, 0.3) is 71.8 Å². The van der Waals surface area contributed by atoms with Gasteiger partial charge in [-0.2, -0.15) is 0 Å². The van der Waals surface area contributed by atoms with Crippen molar-refractivity contribution >= 4 is 49.7 Å². The highest BCUT2D eigenvalue weighted by Gasteiger charge is 2.31. The molecule has 6 aromatic rings. The molecule has 7 rings (SSSR count). The van der Waals surface area contributed by atoms with E-state index in [1.807, 2.05) is 73.7 Å². The standard InChI is InChI=1S/C44H36O7S/c1-4-6-9-16-25-22-31(33-36(45)34-35-38(47)39(48)40(49)42(51)44(35)52-43(34)41(50)37(33)46)29-18-12-13-19-30(29)32(25)27-20-21-28(24-14-10-8-11-15-24)26(23(27)3)17-7-5-2/h4-12,14-18,20-22,45-51H,2,13,19H2,1,3H3/b6-4-,16-9-,17-7-. The van der Waals surface area contributed by atoms with Crippen molar-refractivity contribution in [2.75, 3.05) is 0 Å². The monoisotopic (exact) mass is 708 g/mol. The van der Waals surface area contributed by atoms with Gasteiger partial charge in [0.05, 0.1) is 25.7 Å². The van der Waals surface area contributed by atoms with Crippen LogP contribution in [0.2, 0.25) is 0 Å². The molecule has 1 aliphatic rings. The molecule has 0 radical (unpaired) electrons. The molecule has 260 valence electrons. The van der Waals surface area contributed by atoms with Crippen LogP contribution in [0.15, 0.2) is 91.6 Å². The maximum atomic E-state index is 12.0. The Morgan fingerprint density at radius 3 is 2.06 bits per heavy atom. The Bertz CT molecular complexity index is 2570. The molecule has 0 aliphatic heterocycles. The van der Waals surface area contributed by atoms with E-state index in [1.54, 1.807) is 6.08 Å². The first-order valence-corrected chi connectivity index (χ1v) is 17.6. The summed E-state index contributed by atoms with van der Waals surface area (Å²) >= 11 is 0.742. The van der Waals surface area contributed by atoms with Gasteiger partial charge in [0.2, 0.25) is 11.5 Å². The van der Waals surface area contributed by atoms with Crippen LogP contribution in [-0.2, 0) is 6.42 Å². The van der Waals surface area contributed by atoms with Gasteiger partial charge in [0.15, 0.2) is 23.0 Å². The Labute approximate surface area is 304 Å². The van der Waals surface area contributed by atoms with Gasteiger partial charge < -0.3 is 35.7 Å². The van der Waals surface area contributed by atoms with E-state index in [0.717, 1.165) is 67.8 Å². The molecule has 0 unspecified atom stereocenters. The van der Waals surface area contributed by atoms with E-state index in [4.69, 9.17) is 0 Å². The van der Waals surface area contributed by atoms with Gasteiger partial charge in [0.25, 0.3) is 0 Å². The predicted molar refractivity (Wildman–Crippen MR) is 212 cm³/mol. The number of hydrogen-bond donors (Lipinski definition) is 7. The molecule has 1 aliphatic carbocycles. The lowest BCUT2D eigenvalue weighted by Gasteiger charge is -2.25. The molecule has 0 fully saturated rings. The molecule has 7 nitrogen and oxygen atoms in total. The highest BCUT2D eigenvalue weighted by molar-refractivity contribution is 7.26. The van der Waals surface area contributed by atoms with Crippen molar-refractivity contribution in [3.05, 3.63) is 119 Å². The maximum absolute atomic E-state index is 12.0. The third kappa shape index (κ3) is 5.27. The van der Waals surface area contributed by atoms with Crippen LogP contribution < -0.4 is 0 Å². The Hall–Kier alpha value is -6.38. The van der Waals surface area contributed by atoms with Crippen LogP contribution in [0.5, 0.6) is 40.2 Å². The molecule has 8 heteroatoms. The highest BCUT2D eigenvalue weighted by atomic mass is 32.1. The van der Waals surface area contributed by atoms with Crippen molar-refractivity contribution < 1.29 is 35.7 Å². The number of benzene rings is 5. The van der Waals surface area contributed by atoms with Gasteiger partial charge in [0.1, 0.15) is 5.75 Å². The average Bonchev–Trinajstić information content (AvgIpc) is 3.57. The van der Waals surface area contributed by atoms with E-state index < -0.39 is 40.2 Å². The van der Waals surface area contributed by atoms with Crippen LogP contribution in [0.4, 0.5) is 0 Å². The lowest BCUT2D eigenvalue weighted by molar-refractivity contribution is 0.351. The zero-order valence-electron chi connectivity index (χ0n) is 28.5. The molecule has 0 saturated carbocycles. The number of rotatable bonds is 7. The molecule has 5 aromatic carbocycles. The van der Waals surface area contributed by atoms with Crippen LogP contribution in [0.3, 0.4) is 0 Å². The Morgan fingerprint density at radius 1 is 0.673 bits per heavy atom. The second kappa shape index (κ2) is 13.4. The Balaban J connectivity index is 1.58. The van der Waals surface area contributed by atoms with Gasteiger partial charge >= 0.3 is 0 Å². The number of phenolic OH excluding ortho intramolecular Hbond substituents is 7. The van der Waals surface area contributed by atoms with E-state index in [9.17, 15) is 35.7 Å². The fraction of sp³-hybridized carbons (Fsp3) is 0.0909. The number of aromatic hydroxyl groups is 7. The number of hydrogen-bond acceptors (Lipinski definition) is 8. The third-order valence-corrected chi connectivity index (χ3v) is 10.9. The Kier molecular flexibility index (Phi) is 8.78. The van der Waals surface area contributed by atoms with E-state index in [1.165, 1.54) is 0 Å². The summed E-state index contributed by atoms with van der Waals surface area (Å²) in [6, 6.07) is 16.3. The van der Waals surface area contributed by atoms with E-state index in [-0.39, 0.29) is 25.7 Å². The van der Waals surface area contributed by atoms with Crippen molar-refractivity contribution in [1.82, 2.24) is 0 Å². The molecule has 0 atom stereocenters. The number of fused-ring (bicyclic) bond motifs is 4. The molecule has 0 bridgehead atoms. The van der Waals surface area contributed by atoms with Crippen molar-refractivity contribution in [3.63, 3.8) is 0 Å². The van der Waals surface area contributed by atoms with Crippen LogP contribution >= 0.6 is 11.3 Å². The normalized spacial score (nSPS) is 13.0. The van der Waals surface area contributed by atoms with Crippen LogP contribution in [0.1, 0.15) is 41.2 Å². The predicted octanol–water partition coefficient (Wildman–Crippen LogP) is 11.1. The SMILES string of the molecule is C=C/C=C\c1c(-c2ccccc2)ccc(-c2c(/C=C\C=C/C)cc(-c3c(O)c(O)c4sc5c(O)c(O)c(O)c(O)c5c4c3O)c3c2CCC=C3)c1C. The minimum absolute atomic E-state index is 0.0483. The summed E-state index contributed by atoms with van der Waals surface area (Å²) in [4.78, 5) is 0. The van der Waals surface area contributed by atoms with Gasteiger partial charge in [-0.15, -0.1) is 11.3 Å². The summed E-state index contributed by atoms with van der Waals surface area (Å²) in [5, 5.41) is 76.9. The van der Waals surface area contributed by atoms with Gasteiger partial charge in [-0.25, -0.2) is 0 Å². The first-order chi connectivity index (χ1) is 25.1. The highest BCUT2D eigenvalue weighted by Crippen LogP contribution is 2.61. The van der Waals surface area contributed by atoms with E-state index in [0.29, 0.717) is 12.0 Å². The maximum Gasteiger partial charge on any atom is 0.205 e. The molecule has 0 amide bonds. The fourth-order valence-corrected chi connectivity index (χ4v) is 8.41. The molecule has 0 saturated heterocycles. The molecule has 0 spiro atoms. The minimum Gasteiger partial charge on any atom is -0.506 e. The first-order valence-electron chi connectivity index (χ1n) is 16.7. The van der Waals surface area contributed by atoms with Crippen molar-refractivity contribution in [2.45, 2.75) is 26.7 Å². The van der Waals surface area contributed by atoms with Gasteiger partial charge in [-0.3, -0.25) is 0 Å². The second-order valence-electron chi connectivity index (χ2n) is 12.6. The summed E-state index contributed by atoms with van der Waals surface area (Å²) in [5.74, 6) is -5.10. The zero-order chi connectivity index (χ0) is 36.8. The molecule has 1 heterocycles. The van der Waals surface area contributed by atoms with E-state index >= 15 is 0 Å². The van der Waals surface area contributed by atoms with Crippen LogP contribution in [0, 0.1) is 6.92 Å². The zero-order valence-corrected chi connectivity index (χ0v) is 29.3. The van der Waals surface area contributed by atoms with Gasteiger partial charge in [0, 0.05) is 0 Å². The summed E-state index contributed by atoms with van der Waals surface area (Å²) in [6.07, 6.45) is 18.8. The van der Waals surface area contributed by atoms with Crippen molar-refractivity contribution in [2.24, 2.45) is 0 Å². The summed E-state index contributed by atoms with van der Waals surface area (Å²) in [6.45, 7) is 7.91.